The van der Waals surface area contributed by atoms with Crippen LogP contribution in [0.25, 0.3) is 0 Å². The van der Waals surface area contributed by atoms with E-state index in [4.69, 9.17) is 37.4 Å². The Morgan fingerprint density at radius 1 is 1.30 bits per heavy atom. The van der Waals surface area contributed by atoms with Crippen LogP contribution < -0.4 is 0 Å². The van der Waals surface area contributed by atoms with Gasteiger partial charge in [-0.1, -0.05) is 35.7 Å². The normalized spacial score (nSPS) is 21.7. The fraction of sp³-hybridized carbons (Fsp3) is 0.588. The van der Waals surface area contributed by atoms with Gasteiger partial charge in [0.25, 0.3) is 0 Å². The molecule has 1 saturated heterocycles. The molecule has 1 heterocycles. The minimum atomic E-state index is -0.354. The first kappa shape index (κ1) is 18.5. The molecule has 0 amide bonds. The highest BCUT2D eigenvalue weighted by atomic mass is 35.5. The Labute approximate surface area is 147 Å². The van der Waals surface area contributed by atoms with E-state index in [1.807, 2.05) is 12.1 Å². The van der Waals surface area contributed by atoms with Crippen LogP contribution in [0.2, 0.25) is 10.0 Å². The Bertz CT molecular complexity index is 521. The van der Waals surface area contributed by atoms with E-state index >= 15 is 0 Å². The predicted octanol–water partition coefficient (Wildman–Crippen LogP) is 4.23. The van der Waals surface area contributed by atoms with Crippen molar-refractivity contribution in [2.75, 3.05) is 26.4 Å². The van der Waals surface area contributed by atoms with Gasteiger partial charge in [0.2, 0.25) is 0 Å². The van der Waals surface area contributed by atoms with Crippen LogP contribution in [0, 0.1) is 0 Å². The quantitative estimate of drug-likeness (QED) is 0.712. The maximum Gasteiger partial charge on any atom is 0.332 e. The summed E-state index contributed by atoms with van der Waals surface area (Å²) in [5.41, 5.74) is 1.09. The molecular formula is C17H22Cl2O4. The molecule has 2 rings (SSSR count). The van der Waals surface area contributed by atoms with Gasteiger partial charge in [-0.15, -0.1) is 0 Å². The van der Waals surface area contributed by atoms with Crippen LogP contribution >= 0.6 is 23.2 Å². The number of halogens is 2. The second kappa shape index (κ2) is 9.48. The molecule has 0 N–H and O–H groups in total. The Hall–Kier alpha value is -0.810. The zero-order valence-electron chi connectivity index (χ0n) is 13.2. The van der Waals surface area contributed by atoms with E-state index in [-0.39, 0.29) is 24.6 Å². The number of hydrogen-bond donors (Lipinski definition) is 0. The van der Waals surface area contributed by atoms with Crippen LogP contribution in [0.3, 0.4) is 0 Å². The van der Waals surface area contributed by atoms with E-state index in [2.05, 4.69) is 0 Å². The highest BCUT2D eigenvalue weighted by Gasteiger charge is 2.27. The molecule has 0 radical (unpaired) electrons. The topological polar surface area (TPSA) is 44.8 Å². The van der Waals surface area contributed by atoms with Crippen molar-refractivity contribution in [2.24, 2.45) is 0 Å². The average molecular weight is 361 g/mol. The van der Waals surface area contributed by atoms with E-state index < -0.39 is 0 Å². The lowest BCUT2D eigenvalue weighted by atomic mass is 9.89. The number of ether oxygens (including phenoxy) is 3. The van der Waals surface area contributed by atoms with Gasteiger partial charge in [0, 0.05) is 12.5 Å². The van der Waals surface area contributed by atoms with Crippen molar-refractivity contribution >= 4 is 29.2 Å². The van der Waals surface area contributed by atoms with E-state index in [1.54, 1.807) is 13.0 Å². The second-order valence-electron chi connectivity index (χ2n) is 5.51. The zero-order chi connectivity index (χ0) is 16.7. The lowest BCUT2D eigenvalue weighted by Gasteiger charge is -2.25. The molecule has 6 heteroatoms. The highest BCUT2D eigenvalue weighted by Crippen LogP contribution is 2.34. The van der Waals surface area contributed by atoms with Crippen LogP contribution in [-0.2, 0) is 19.0 Å². The summed E-state index contributed by atoms with van der Waals surface area (Å²) in [6.45, 7) is 3.12. The lowest BCUT2D eigenvalue weighted by Crippen LogP contribution is -2.28. The standard InChI is InChI=1S/C17H22Cl2O4/c1-2-22-17(20)11-21-10-16-13(5-3-4-8-23-16)12-6-7-14(18)15(19)9-12/h6-7,9,13,16H,2-5,8,10-11H2,1H3/t13?,16-/m1/s1. The largest absolute Gasteiger partial charge is 0.464 e. The number of rotatable bonds is 6. The third-order valence-corrected chi connectivity index (χ3v) is 4.61. The van der Waals surface area contributed by atoms with Gasteiger partial charge in [-0.2, -0.15) is 0 Å². The SMILES string of the molecule is CCOC(=O)COC[C@H]1OCCCCC1c1ccc(Cl)c(Cl)c1. The van der Waals surface area contributed by atoms with Gasteiger partial charge in [-0.25, -0.2) is 4.79 Å². The summed E-state index contributed by atoms with van der Waals surface area (Å²) in [6, 6.07) is 5.67. The molecule has 23 heavy (non-hydrogen) atoms. The maximum atomic E-state index is 11.4. The van der Waals surface area contributed by atoms with Crippen molar-refractivity contribution in [3.8, 4) is 0 Å². The van der Waals surface area contributed by atoms with E-state index in [9.17, 15) is 4.79 Å². The van der Waals surface area contributed by atoms with Crippen molar-refractivity contribution in [3.63, 3.8) is 0 Å². The van der Waals surface area contributed by atoms with Crippen LogP contribution in [0.1, 0.15) is 37.7 Å². The summed E-state index contributed by atoms with van der Waals surface area (Å²) in [5, 5.41) is 1.08. The molecule has 1 fully saturated rings. The molecule has 0 bridgehead atoms. The molecular weight excluding hydrogens is 339 g/mol. The van der Waals surface area contributed by atoms with Crippen LogP contribution in [0.4, 0.5) is 0 Å². The van der Waals surface area contributed by atoms with Gasteiger partial charge in [0.15, 0.2) is 0 Å². The smallest absolute Gasteiger partial charge is 0.332 e. The number of benzene rings is 1. The lowest BCUT2D eigenvalue weighted by molar-refractivity contribution is -0.150. The van der Waals surface area contributed by atoms with Gasteiger partial charge >= 0.3 is 5.97 Å². The molecule has 1 aromatic carbocycles. The van der Waals surface area contributed by atoms with E-state index in [0.717, 1.165) is 24.8 Å². The van der Waals surface area contributed by atoms with Crippen LogP contribution in [-0.4, -0.2) is 38.5 Å². The third kappa shape index (κ3) is 5.64. The molecule has 1 aliphatic rings. The molecule has 4 nitrogen and oxygen atoms in total. The minimum absolute atomic E-state index is 0.0538. The third-order valence-electron chi connectivity index (χ3n) is 3.87. The Kier molecular flexibility index (Phi) is 7.63. The van der Waals surface area contributed by atoms with Crippen molar-refractivity contribution in [3.05, 3.63) is 33.8 Å². The summed E-state index contributed by atoms with van der Waals surface area (Å²) in [6.07, 6.45) is 2.99. The Morgan fingerprint density at radius 3 is 2.87 bits per heavy atom. The van der Waals surface area contributed by atoms with Gasteiger partial charge in [0.1, 0.15) is 6.61 Å². The van der Waals surface area contributed by atoms with E-state index in [1.165, 1.54) is 0 Å². The summed E-state index contributed by atoms with van der Waals surface area (Å²) in [5.74, 6) is -0.179. The van der Waals surface area contributed by atoms with Crippen molar-refractivity contribution in [1.82, 2.24) is 0 Å². The molecule has 0 aliphatic carbocycles. The number of esters is 1. The molecule has 0 saturated carbocycles. The second-order valence-corrected chi connectivity index (χ2v) is 6.32. The molecule has 2 atom stereocenters. The summed E-state index contributed by atoms with van der Waals surface area (Å²) in [7, 11) is 0. The summed E-state index contributed by atoms with van der Waals surface area (Å²) < 4.78 is 16.3. The van der Waals surface area contributed by atoms with Gasteiger partial charge in [-0.3, -0.25) is 0 Å². The molecule has 1 unspecified atom stereocenters. The minimum Gasteiger partial charge on any atom is -0.464 e. The van der Waals surface area contributed by atoms with E-state index in [0.29, 0.717) is 29.9 Å². The molecule has 0 aromatic heterocycles. The number of carbonyl (C=O) groups is 1. The Balaban J connectivity index is 2.01. The summed E-state index contributed by atoms with van der Waals surface area (Å²) in [4.78, 5) is 11.4. The first-order chi connectivity index (χ1) is 11.1. The number of carbonyl (C=O) groups excluding carboxylic acids is 1. The van der Waals surface area contributed by atoms with Crippen LogP contribution in [0.5, 0.6) is 0 Å². The van der Waals surface area contributed by atoms with Crippen LogP contribution in [0.15, 0.2) is 18.2 Å². The van der Waals surface area contributed by atoms with Gasteiger partial charge in [-0.05, 0) is 37.5 Å². The maximum absolute atomic E-state index is 11.4. The average Bonchev–Trinajstić information content (AvgIpc) is 2.76. The molecule has 0 spiro atoms. The van der Waals surface area contributed by atoms with Crippen molar-refractivity contribution < 1.29 is 19.0 Å². The summed E-state index contributed by atoms with van der Waals surface area (Å²) >= 11 is 12.1. The molecule has 1 aliphatic heterocycles. The highest BCUT2D eigenvalue weighted by molar-refractivity contribution is 6.42. The molecule has 128 valence electrons. The fourth-order valence-corrected chi connectivity index (χ4v) is 3.06. The monoisotopic (exact) mass is 360 g/mol. The first-order valence-electron chi connectivity index (χ1n) is 7.91. The van der Waals surface area contributed by atoms with Crippen molar-refractivity contribution in [2.45, 2.75) is 38.2 Å². The van der Waals surface area contributed by atoms with Gasteiger partial charge in [0.05, 0.1) is 29.4 Å². The zero-order valence-corrected chi connectivity index (χ0v) is 14.7. The predicted molar refractivity (Wildman–Crippen MR) is 90.2 cm³/mol. The fourth-order valence-electron chi connectivity index (χ4n) is 2.75. The Morgan fingerprint density at radius 2 is 2.13 bits per heavy atom. The number of hydrogen-bond acceptors (Lipinski definition) is 4. The van der Waals surface area contributed by atoms with Crippen molar-refractivity contribution in [1.29, 1.82) is 0 Å². The van der Waals surface area contributed by atoms with Gasteiger partial charge < -0.3 is 14.2 Å². The molecule has 1 aromatic rings. The first-order valence-corrected chi connectivity index (χ1v) is 8.67.